The van der Waals surface area contributed by atoms with Gasteiger partial charge in [-0.15, -0.1) is 0 Å². The zero-order valence-electron chi connectivity index (χ0n) is 12.0. The van der Waals surface area contributed by atoms with Crippen molar-refractivity contribution in [2.75, 3.05) is 19.6 Å². The normalized spacial score (nSPS) is 20.9. The van der Waals surface area contributed by atoms with Gasteiger partial charge in [0.05, 0.1) is 12.8 Å². The van der Waals surface area contributed by atoms with Crippen LogP contribution in [0.15, 0.2) is 22.8 Å². The summed E-state index contributed by atoms with van der Waals surface area (Å²) < 4.78 is 5.35. The molecule has 0 amide bonds. The zero-order valence-corrected chi connectivity index (χ0v) is 12.0. The van der Waals surface area contributed by atoms with Crippen molar-refractivity contribution in [1.29, 1.82) is 0 Å². The molecule has 1 atom stereocenters. The van der Waals surface area contributed by atoms with E-state index in [4.69, 9.17) is 4.42 Å². The molecule has 0 aromatic carbocycles. The van der Waals surface area contributed by atoms with Crippen molar-refractivity contribution < 1.29 is 4.42 Å². The Bertz CT molecular complexity index is 354. The van der Waals surface area contributed by atoms with Gasteiger partial charge in [-0.2, -0.15) is 0 Å². The van der Waals surface area contributed by atoms with Crippen LogP contribution in [0, 0.1) is 11.8 Å². The maximum Gasteiger partial charge on any atom is 0.117 e. The first kappa shape index (κ1) is 13.2. The lowest BCUT2D eigenvalue weighted by Gasteiger charge is -2.29. The van der Waals surface area contributed by atoms with Crippen molar-refractivity contribution >= 4 is 0 Å². The summed E-state index contributed by atoms with van der Waals surface area (Å²) in [5.74, 6) is 3.01. The molecule has 0 radical (unpaired) electrons. The number of hydrogen-bond acceptors (Lipinski definition) is 3. The Morgan fingerprint density at radius 3 is 2.47 bits per heavy atom. The number of nitrogens with zero attached hydrogens (tertiary/aromatic N) is 1. The molecule has 0 spiro atoms. The summed E-state index contributed by atoms with van der Waals surface area (Å²) in [4.78, 5) is 2.71. The van der Waals surface area contributed by atoms with Gasteiger partial charge in [-0.05, 0) is 56.6 Å². The van der Waals surface area contributed by atoms with Gasteiger partial charge in [0, 0.05) is 25.7 Å². The fourth-order valence-corrected chi connectivity index (χ4v) is 2.65. The lowest BCUT2D eigenvalue weighted by Crippen LogP contribution is -2.42. The van der Waals surface area contributed by atoms with Gasteiger partial charge in [0.2, 0.25) is 0 Å². The molecular weight excluding hydrogens is 236 g/mol. The quantitative estimate of drug-likeness (QED) is 0.742. The van der Waals surface area contributed by atoms with E-state index in [-0.39, 0.29) is 0 Å². The number of nitrogens with one attached hydrogen (secondary N) is 1. The van der Waals surface area contributed by atoms with Crippen LogP contribution in [0.1, 0.15) is 38.4 Å². The van der Waals surface area contributed by atoms with Crippen molar-refractivity contribution in [3.05, 3.63) is 24.2 Å². The fraction of sp³-hybridized carbons (Fsp3) is 0.750. The van der Waals surface area contributed by atoms with Gasteiger partial charge in [-0.25, -0.2) is 0 Å². The predicted molar refractivity (Wildman–Crippen MR) is 76.9 cm³/mol. The van der Waals surface area contributed by atoms with Crippen LogP contribution in [0.5, 0.6) is 0 Å². The molecule has 2 aliphatic carbocycles. The molecule has 0 bridgehead atoms. The molecule has 1 heterocycles. The minimum absolute atomic E-state index is 0.635. The predicted octanol–water partition coefficient (Wildman–Crippen LogP) is 2.88. The molecule has 1 aromatic rings. The molecular formula is C16H26N2O. The monoisotopic (exact) mass is 262 g/mol. The van der Waals surface area contributed by atoms with E-state index in [9.17, 15) is 0 Å². The van der Waals surface area contributed by atoms with Crippen molar-refractivity contribution in [1.82, 2.24) is 10.2 Å². The van der Waals surface area contributed by atoms with Gasteiger partial charge < -0.3 is 9.73 Å². The second-order valence-corrected chi connectivity index (χ2v) is 6.40. The summed E-state index contributed by atoms with van der Waals surface area (Å²) in [5, 5.41) is 3.52. The maximum absolute atomic E-state index is 5.35. The smallest absolute Gasteiger partial charge is 0.117 e. The molecule has 19 heavy (non-hydrogen) atoms. The van der Waals surface area contributed by atoms with Crippen molar-refractivity contribution in [2.24, 2.45) is 11.8 Å². The van der Waals surface area contributed by atoms with Gasteiger partial charge in [-0.1, -0.05) is 0 Å². The number of rotatable bonds is 9. The van der Waals surface area contributed by atoms with Crippen LogP contribution in [0.2, 0.25) is 0 Å². The van der Waals surface area contributed by atoms with Crippen LogP contribution in [0.25, 0.3) is 0 Å². The average molecular weight is 262 g/mol. The Labute approximate surface area is 116 Å². The highest BCUT2D eigenvalue weighted by Gasteiger charge is 2.31. The van der Waals surface area contributed by atoms with Gasteiger partial charge in [0.1, 0.15) is 5.76 Å². The van der Waals surface area contributed by atoms with E-state index in [0.717, 1.165) is 30.7 Å². The Balaban J connectivity index is 1.41. The zero-order chi connectivity index (χ0) is 13.1. The van der Waals surface area contributed by atoms with Crippen molar-refractivity contribution in [3.8, 4) is 0 Å². The van der Waals surface area contributed by atoms with E-state index in [2.05, 4.69) is 17.1 Å². The molecule has 1 N–H and O–H groups in total. The van der Waals surface area contributed by atoms with Gasteiger partial charge in [0.15, 0.2) is 0 Å². The highest BCUT2D eigenvalue weighted by atomic mass is 16.3. The first-order valence-electron chi connectivity index (χ1n) is 7.78. The first-order valence-corrected chi connectivity index (χ1v) is 7.78. The van der Waals surface area contributed by atoms with E-state index >= 15 is 0 Å². The van der Waals surface area contributed by atoms with Crippen LogP contribution < -0.4 is 5.32 Å². The van der Waals surface area contributed by atoms with Crippen LogP contribution in [-0.2, 0) is 6.54 Å². The highest BCUT2D eigenvalue weighted by molar-refractivity contribution is 4.97. The van der Waals surface area contributed by atoms with Crippen LogP contribution in [0.3, 0.4) is 0 Å². The molecule has 2 aliphatic rings. The minimum atomic E-state index is 0.635. The standard InChI is InChI=1S/C16H26N2O/c1-13(9-17-10-16-3-2-8-19-16)18(11-14-4-5-14)12-15-6-7-15/h2-3,8,13-15,17H,4-7,9-12H2,1H3. The third-order valence-corrected chi connectivity index (χ3v) is 4.32. The molecule has 0 aliphatic heterocycles. The third kappa shape index (κ3) is 4.36. The van der Waals surface area contributed by atoms with E-state index < -0.39 is 0 Å². The highest BCUT2D eigenvalue weighted by Crippen LogP contribution is 2.34. The average Bonchev–Trinajstić information content (AvgIpc) is 3.32. The molecule has 2 fully saturated rings. The summed E-state index contributed by atoms with van der Waals surface area (Å²) in [5.41, 5.74) is 0. The Kier molecular flexibility index (Phi) is 4.24. The van der Waals surface area contributed by atoms with E-state index in [1.807, 2.05) is 12.1 Å². The second kappa shape index (κ2) is 6.10. The van der Waals surface area contributed by atoms with Gasteiger partial charge >= 0.3 is 0 Å². The number of hydrogen-bond donors (Lipinski definition) is 1. The molecule has 1 aromatic heterocycles. The topological polar surface area (TPSA) is 28.4 Å². The van der Waals surface area contributed by atoms with Crippen molar-refractivity contribution in [2.45, 2.75) is 45.2 Å². The third-order valence-electron chi connectivity index (χ3n) is 4.32. The van der Waals surface area contributed by atoms with E-state index in [1.54, 1.807) is 6.26 Å². The lowest BCUT2D eigenvalue weighted by atomic mass is 10.2. The van der Waals surface area contributed by atoms with Gasteiger partial charge in [-0.3, -0.25) is 4.90 Å². The molecule has 3 nitrogen and oxygen atoms in total. The summed E-state index contributed by atoms with van der Waals surface area (Å²) in [6.45, 7) is 6.90. The second-order valence-electron chi connectivity index (χ2n) is 6.40. The van der Waals surface area contributed by atoms with E-state index in [1.165, 1.54) is 38.8 Å². The van der Waals surface area contributed by atoms with Crippen LogP contribution >= 0.6 is 0 Å². The van der Waals surface area contributed by atoms with Crippen LogP contribution in [0.4, 0.5) is 0 Å². The fourth-order valence-electron chi connectivity index (χ4n) is 2.65. The summed E-state index contributed by atoms with van der Waals surface area (Å²) in [7, 11) is 0. The van der Waals surface area contributed by atoms with Crippen molar-refractivity contribution in [3.63, 3.8) is 0 Å². The summed E-state index contributed by atoms with van der Waals surface area (Å²) in [6, 6.07) is 4.62. The minimum Gasteiger partial charge on any atom is -0.468 e. The van der Waals surface area contributed by atoms with Gasteiger partial charge in [0.25, 0.3) is 0 Å². The molecule has 3 rings (SSSR count). The summed E-state index contributed by atoms with van der Waals surface area (Å²) >= 11 is 0. The maximum atomic E-state index is 5.35. The molecule has 1 unspecified atom stereocenters. The lowest BCUT2D eigenvalue weighted by molar-refractivity contribution is 0.187. The Hall–Kier alpha value is -0.800. The SMILES string of the molecule is CC(CNCc1ccco1)N(CC1CC1)CC1CC1. The first-order chi connectivity index (χ1) is 9.31. The summed E-state index contributed by atoms with van der Waals surface area (Å²) in [6.07, 6.45) is 7.55. The molecule has 0 saturated heterocycles. The molecule has 2 saturated carbocycles. The largest absolute Gasteiger partial charge is 0.468 e. The number of furan rings is 1. The molecule has 3 heteroatoms. The van der Waals surface area contributed by atoms with E-state index in [0.29, 0.717) is 6.04 Å². The molecule has 106 valence electrons. The van der Waals surface area contributed by atoms with Crippen LogP contribution in [-0.4, -0.2) is 30.6 Å². The Morgan fingerprint density at radius 2 is 1.95 bits per heavy atom. The Morgan fingerprint density at radius 1 is 1.26 bits per heavy atom.